The quantitative estimate of drug-likeness (QED) is 0.531. The lowest BCUT2D eigenvalue weighted by Crippen LogP contribution is -2.49. The van der Waals surface area contributed by atoms with Crippen LogP contribution in [0.4, 0.5) is 31.1 Å². The molecule has 1 aliphatic rings. The summed E-state index contributed by atoms with van der Waals surface area (Å²) in [6, 6.07) is 7.34. The predicted molar refractivity (Wildman–Crippen MR) is 121 cm³/mol. The SMILES string of the molecule is COc1cc(CNC(=O)N(Cc2ccc(F)cc2F)C2CCN(C)CC2)ccc1F.O=C(O)C(F)(F)F. The van der Waals surface area contributed by atoms with Gasteiger partial charge in [-0.25, -0.2) is 22.8 Å². The lowest BCUT2D eigenvalue weighted by Gasteiger charge is -2.37. The smallest absolute Gasteiger partial charge is 0.490 e. The Hall–Kier alpha value is -3.48. The standard InChI is InChI=1S/C22H26F3N3O2.C2HF3O2/c1-27-9-7-18(8-10-27)28(14-16-4-5-17(23)12-20(16)25)22(29)26-13-15-3-6-19(24)21(11-15)30-2;3-2(4,5)1(6)7/h3-6,11-12,18H,7-10,13-14H2,1-2H3,(H,26,29);(H,6,7). The average Bonchev–Trinajstić information content (AvgIpc) is 2.83. The zero-order valence-electron chi connectivity index (χ0n) is 20.1. The van der Waals surface area contributed by atoms with Crippen LogP contribution >= 0.6 is 0 Å². The molecule has 13 heteroatoms. The number of nitrogens with zero attached hydrogens (tertiary/aromatic N) is 2. The van der Waals surface area contributed by atoms with E-state index in [1.54, 1.807) is 11.0 Å². The number of carbonyl (C=O) groups excluding carboxylic acids is 1. The number of alkyl halides is 3. The van der Waals surface area contributed by atoms with Gasteiger partial charge >= 0.3 is 18.2 Å². The summed E-state index contributed by atoms with van der Waals surface area (Å²) in [5, 5.41) is 9.95. The van der Waals surface area contributed by atoms with Crippen molar-refractivity contribution in [3.05, 3.63) is 65.0 Å². The molecule has 0 bridgehead atoms. The van der Waals surface area contributed by atoms with Crippen molar-refractivity contribution in [3.63, 3.8) is 0 Å². The van der Waals surface area contributed by atoms with Crippen LogP contribution in [0.25, 0.3) is 0 Å². The van der Waals surface area contributed by atoms with Crippen LogP contribution in [0.1, 0.15) is 24.0 Å². The first-order valence-electron chi connectivity index (χ1n) is 11.1. The molecule has 3 rings (SSSR count). The van der Waals surface area contributed by atoms with Crippen LogP contribution in [0.2, 0.25) is 0 Å². The van der Waals surface area contributed by atoms with Gasteiger partial charge in [-0.2, -0.15) is 13.2 Å². The minimum atomic E-state index is -5.08. The fourth-order valence-electron chi connectivity index (χ4n) is 3.60. The van der Waals surface area contributed by atoms with Crippen molar-refractivity contribution < 1.29 is 45.8 Å². The summed E-state index contributed by atoms with van der Waals surface area (Å²) in [6.07, 6.45) is -3.56. The molecular weight excluding hydrogens is 508 g/mol. The molecule has 0 saturated carbocycles. The third-order valence-corrected chi connectivity index (χ3v) is 5.65. The number of methoxy groups -OCH3 is 1. The number of hydrogen-bond acceptors (Lipinski definition) is 4. The van der Waals surface area contributed by atoms with Crippen molar-refractivity contribution in [2.24, 2.45) is 0 Å². The van der Waals surface area contributed by atoms with Gasteiger partial charge in [-0.15, -0.1) is 0 Å². The van der Waals surface area contributed by atoms with Gasteiger partial charge in [0.2, 0.25) is 0 Å². The molecule has 0 radical (unpaired) electrons. The van der Waals surface area contributed by atoms with Crippen molar-refractivity contribution in [2.45, 2.75) is 38.1 Å². The van der Waals surface area contributed by atoms with Gasteiger partial charge in [0, 0.05) is 24.2 Å². The second-order valence-electron chi connectivity index (χ2n) is 8.33. The number of rotatable bonds is 6. The van der Waals surface area contributed by atoms with E-state index in [9.17, 15) is 31.1 Å². The largest absolute Gasteiger partial charge is 0.494 e. The van der Waals surface area contributed by atoms with Crippen LogP contribution in [0.3, 0.4) is 0 Å². The molecule has 2 amide bonds. The highest BCUT2D eigenvalue weighted by molar-refractivity contribution is 5.74. The molecule has 2 N–H and O–H groups in total. The summed E-state index contributed by atoms with van der Waals surface area (Å²) in [5.41, 5.74) is 0.937. The van der Waals surface area contributed by atoms with Crippen LogP contribution in [0, 0.1) is 17.5 Å². The maximum Gasteiger partial charge on any atom is 0.490 e. The van der Waals surface area contributed by atoms with Gasteiger partial charge in [0.15, 0.2) is 11.6 Å². The zero-order chi connectivity index (χ0) is 27.8. The molecule has 1 aliphatic heterocycles. The fourth-order valence-corrected chi connectivity index (χ4v) is 3.60. The number of hydrogen-bond donors (Lipinski definition) is 2. The predicted octanol–water partition coefficient (Wildman–Crippen LogP) is 4.55. The molecule has 204 valence electrons. The summed E-state index contributed by atoms with van der Waals surface area (Å²) in [5.74, 6) is -4.47. The van der Waals surface area contributed by atoms with E-state index in [1.807, 2.05) is 7.05 Å². The minimum absolute atomic E-state index is 0.0407. The van der Waals surface area contributed by atoms with Crippen LogP contribution < -0.4 is 10.1 Å². The highest BCUT2D eigenvalue weighted by atomic mass is 19.4. The number of likely N-dealkylation sites (tertiary alicyclic amines) is 1. The number of nitrogens with one attached hydrogen (secondary N) is 1. The lowest BCUT2D eigenvalue weighted by atomic mass is 10.0. The van der Waals surface area contributed by atoms with Crippen LogP contribution in [-0.2, 0) is 17.9 Å². The van der Waals surface area contributed by atoms with Gasteiger partial charge in [0.05, 0.1) is 13.7 Å². The summed E-state index contributed by atoms with van der Waals surface area (Å²) in [4.78, 5) is 25.7. The summed E-state index contributed by atoms with van der Waals surface area (Å²) < 4.78 is 77.8. The van der Waals surface area contributed by atoms with Crippen molar-refractivity contribution in [1.82, 2.24) is 15.1 Å². The van der Waals surface area contributed by atoms with E-state index >= 15 is 0 Å². The number of benzene rings is 2. The Labute approximate surface area is 209 Å². The third-order valence-electron chi connectivity index (χ3n) is 5.65. The van der Waals surface area contributed by atoms with Gasteiger partial charge in [0.25, 0.3) is 0 Å². The molecule has 1 fully saturated rings. The lowest BCUT2D eigenvalue weighted by molar-refractivity contribution is -0.192. The molecule has 2 aromatic rings. The topological polar surface area (TPSA) is 82.1 Å². The Kier molecular flexibility index (Phi) is 10.6. The Morgan fingerprint density at radius 1 is 1.08 bits per heavy atom. The first-order chi connectivity index (χ1) is 17.3. The monoisotopic (exact) mass is 535 g/mol. The number of piperidine rings is 1. The maximum absolute atomic E-state index is 14.2. The number of carbonyl (C=O) groups is 2. The van der Waals surface area contributed by atoms with Crippen molar-refractivity contribution in [3.8, 4) is 5.75 Å². The highest BCUT2D eigenvalue weighted by Gasteiger charge is 2.38. The molecule has 1 saturated heterocycles. The van der Waals surface area contributed by atoms with Crippen LogP contribution in [0.15, 0.2) is 36.4 Å². The number of ether oxygens (including phenoxy) is 1. The molecule has 0 spiro atoms. The molecule has 2 aromatic carbocycles. The second-order valence-corrected chi connectivity index (χ2v) is 8.33. The number of aliphatic carboxylic acids is 1. The van der Waals surface area contributed by atoms with E-state index in [0.29, 0.717) is 5.56 Å². The molecule has 37 heavy (non-hydrogen) atoms. The van der Waals surface area contributed by atoms with Crippen LogP contribution in [0.5, 0.6) is 5.75 Å². The van der Waals surface area contributed by atoms with Crippen molar-refractivity contribution >= 4 is 12.0 Å². The molecule has 7 nitrogen and oxygen atoms in total. The Morgan fingerprint density at radius 3 is 2.24 bits per heavy atom. The van der Waals surface area contributed by atoms with E-state index in [2.05, 4.69) is 10.2 Å². The van der Waals surface area contributed by atoms with Crippen molar-refractivity contribution in [1.29, 1.82) is 0 Å². The van der Waals surface area contributed by atoms with E-state index in [0.717, 1.165) is 32.0 Å². The first-order valence-corrected chi connectivity index (χ1v) is 11.1. The first kappa shape index (κ1) is 29.7. The third kappa shape index (κ3) is 9.16. The van der Waals surface area contributed by atoms with Gasteiger partial charge in [0.1, 0.15) is 11.6 Å². The maximum atomic E-state index is 14.2. The molecule has 0 aliphatic carbocycles. The molecular formula is C24H27F6N3O4. The zero-order valence-corrected chi connectivity index (χ0v) is 20.1. The van der Waals surface area contributed by atoms with E-state index in [4.69, 9.17) is 14.6 Å². The molecule has 0 aromatic heterocycles. The Morgan fingerprint density at radius 2 is 1.70 bits per heavy atom. The van der Waals surface area contributed by atoms with E-state index < -0.39 is 29.6 Å². The number of urea groups is 1. The van der Waals surface area contributed by atoms with E-state index in [1.165, 1.54) is 31.4 Å². The van der Waals surface area contributed by atoms with Crippen molar-refractivity contribution in [2.75, 3.05) is 27.2 Å². The summed E-state index contributed by atoms with van der Waals surface area (Å²) in [7, 11) is 3.39. The Bertz CT molecular complexity index is 1070. The second kappa shape index (κ2) is 13.2. The molecule has 1 heterocycles. The van der Waals surface area contributed by atoms with Gasteiger partial charge in [-0.3, -0.25) is 0 Å². The average molecular weight is 535 g/mol. The Balaban J connectivity index is 0.000000604. The number of carboxylic acid groups (broad SMARTS) is 1. The number of amides is 2. The summed E-state index contributed by atoms with van der Waals surface area (Å²) in [6.45, 7) is 1.87. The van der Waals surface area contributed by atoms with Gasteiger partial charge in [-0.05, 0) is 56.7 Å². The molecule has 0 unspecified atom stereocenters. The normalized spacial score (nSPS) is 14.4. The number of carboxylic acids is 1. The van der Waals surface area contributed by atoms with Gasteiger partial charge in [-0.1, -0.05) is 12.1 Å². The van der Waals surface area contributed by atoms with E-state index in [-0.39, 0.29) is 36.5 Å². The van der Waals surface area contributed by atoms with Gasteiger partial charge < -0.3 is 25.0 Å². The van der Waals surface area contributed by atoms with Crippen LogP contribution in [-0.4, -0.2) is 66.4 Å². The number of halogens is 6. The summed E-state index contributed by atoms with van der Waals surface area (Å²) >= 11 is 0. The highest BCUT2D eigenvalue weighted by Crippen LogP contribution is 2.22. The minimum Gasteiger partial charge on any atom is -0.494 e. The molecule has 0 atom stereocenters. The fraction of sp³-hybridized carbons (Fsp3) is 0.417.